The molecule has 0 bridgehead atoms. The monoisotopic (exact) mass is 331 g/mol. The molecule has 1 aromatic heterocycles. The molecule has 0 N–H and O–H groups in total. The maximum absolute atomic E-state index is 14.9. The molecule has 0 unspecified atom stereocenters. The standard InChI is InChI=1S/C20H30FN3/c1-13(2)15-8-9-17-18(16(21)12-15)22-19(24(17)14(3)4)20(5,6)23-10-7-11-23/h9,12-14H,7-8,10-11H2,1-6H3. The van der Waals surface area contributed by atoms with Gasteiger partial charge in [-0.2, -0.15) is 0 Å². The van der Waals surface area contributed by atoms with Gasteiger partial charge in [0.25, 0.3) is 0 Å². The van der Waals surface area contributed by atoms with E-state index in [1.807, 2.05) is 0 Å². The summed E-state index contributed by atoms with van der Waals surface area (Å²) in [6, 6.07) is 0.251. The van der Waals surface area contributed by atoms with Gasteiger partial charge in [-0.15, -0.1) is 0 Å². The predicted molar refractivity (Wildman–Crippen MR) is 97.6 cm³/mol. The van der Waals surface area contributed by atoms with Crippen molar-refractivity contribution < 1.29 is 4.39 Å². The van der Waals surface area contributed by atoms with Gasteiger partial charge in [0.05, 0.1) is 10.9 Å². The van der Waals surface area contributed by atoms with Crippen LogP contribution in [0.15, 0.2) is 11.6 Å². The zero-order valence-corrected chi connectivity index (χ0v) is 15.9. The summed E-state index contributed by atoms with van der Waals surface area (Å²) in [5.74, 6) is 1.14. The molecule has 1 fully saturated rings. The summed E-state index contributed by atoms with van der Waals surface area (Å²) in [6.07, 6.45) is 5.89. The molecule has 1 aromatic rings. The summed E-state index contributed by atoms with van der Waals surface area (Å²) >= 11 is 0. The molecular formula is C20H30FN3. The lowest BCUT2D eigenvalue weighted by Crippen LogP contribution is -2.51. The van der Waals surface area contributed by atoms with Gasteiger partial charge in [-0.05, 0) is 52.5 Å². The van der Waals surface area contributed by atoms with Crippen LogP contribution in [-0.2, 0) is 5.54 Å². The van der Waals surface area contributed by atoms with E-state index in [0.717, 1.165) is 36.3 Å². The largest absolute Gasteiger partial charge is 0.324 e. The highest BCUT2D eigenvalue weighted by molar-refractivity contribution is 5.53. The maximum atomic E-state index is 14.9. The van der Waals surface area contributed by atoms with Crippen LogP contribution < -0.4 is 10.7 Å². The fraction of sp³-hybridized carbons (Fsp3) is 0.650. The Morgan fingerprint density at radius 2 is 1.83 bits per heavy atom. The zero-order valence-electron chi connectivity index (χ0n) is 15.9. The fourth-order valence-corrected chi connectivity index (χ4v) is 3.69. The van der Waals surface area contributed by atoms with Gasteiger partial charge < -0.3 is 4.57 Å². The third-order valence-corrected chi connectivity index (χ3v) is 5.47. The molecule has 132 valence electrons. The molecule has 2 aliphatic rings. The molecule has 24 heavy (non-hydrogen) atoms. The van der Waals surface area contributed by atoms with Crippen LogP contribution in [-0.4, -0.2) is 27.5 Å². The van der Waals surface area contributed by atoms with Crippen LogP contribution in [0.5, 0.6) is 0 Å². The molecule has 4 heteroatoms. The molecule has 1 aliphatic heterocycles. The minimum atomic E-state index is -0.192. The smallest absolute Gasteiger partial charge is 0.150 e. The second-order valence-electron chi connectivity index (χ2n) is 8.16. The van der Waals surface area contributed by atoms with E-state index in [-0.39, 0.29) is 17.4 Å². The molecule has 1 saturated heterocycles. The number of rotatable bonds is 4. The lowest BCUT2D eigenvalue weighted by molar-refractivity contribution is 0.0432. The van der Waals surface area contributed by atoms with E-state index in [1.165, 1.54) is 6.42 Å². The van der Waals surface area contributed by atoms with E-state index >= 15 is 0 Å². The van der Waals surface area contributed by atoms with E-state index in [4.69, 9.17) is 4.98 Å². The molecule has 0 spiro atoms. The molecule has 0 saturated carbocycles. The van der Waals surface area contributed by atoms with Crippen molar-refractivity contribution in [2.45, 2.75) is 66.0 Å². The highest BCUT2D eigenvalue weighted by Gasteiger charge is 2.37. The second kappa shape index (κ2) is 6.14. The molecule has 3 nitrogen and oxygen atoms in total. The third-order valence-electron chi connectivity index (χ3n) is 5.47. The van der Waals surface area contributed by atoms with Crippen LogP contribution in [0, 0.1) is 5.92 Å². The summed E-state index contributed by atoms with van der Waals surface area (Å²) in [4.78, 5) is 7.25. The molecule has 0 aromatic carbocycles. The van der Waals surface area contributed by atoms with E-state index < -0.39 is 0 Å². The Bertz CT molecular complexity index is 777. The Morgan fingerprint density at radius 3 is 2.33 bits per heavy atom. The first-order valence-corrected chi connectivity index (χ1v) is 9.17. The summed E-state index contributed by atoms with van der Waals surface area (Å²) in [5.41, 5.74) is 0.956. The average molecular weight is 331 g/mol. The average Bonchev–Trinajstić information content (AvgIpc) is 2.73. The minimum Gasteiger partial charge on any atom is -0.324 e. The lowest BCUT2D eigenvalue weighted by Gasteiger charge is -2.44. The number of allylic oxidation sites excluding steroid dienone is 2. The van der Waals surface area contributed by atoms with Gasteiger partial charge in [0.15, 0.2) is 5.83 Å². The van der Waals surface area contributed by atoms with Crippen molar-refractivity contribution in [2.24, 2.45) is 5.92 Å². The molecule has 0 amide bonds. The Kier molecular flexibility index (Phi) is 4.45. The first-order valence-electron chi connectivity index (χ1n) is 9.17. The highest BCUT2D eigenvalue weighted by atomic mass is 19.1. The van der Waals surface area contributed by atoms with E-state index in [1.54, 1.807) is 6.08 Å². The SMILES string of the molecule is CC(C)C1=CC(F)=c2nc(C(C)(C)N3CCC3)n(C(C)C)c2=CC1. The second-order valence-corrected chi connectivity index (χ2v) is 8.16. The molecular weight excluding hydrogens is 301 g/mol. The van der Waals surface area contributed by atoms with Crippen molar-refractivity contribution in [3.63, 3.8) is 0 Å². The Labute approximate surface area is 144 Å². The summed E-state index contributed by atoms with van der Waals surface area (Å²) < 4.78 is 17.2. The number of imidazole rings is 1. The van der Waals surface area contributed by atoms with Crippen LogP contribution in [0.25, 0.3) is 11.9 Å². The first kappa shape index (κ1) is 17.4. The molecule has 1 aliphatic carbocycles. The highest BCUT2D eigenvalue weighted by Crippen LogP contribution is 2.31. The van der Waals surface area contributed by atoms with E-state index in [9.17, 15) is 4.39 Å². The molecule has 0 radical (unpaired) electrons. The van der Waals surface area contributed by atoms with Gasteiger partial charge in [-0.25, -0.2) is 9.37 Å². The number of hydrogen-bond acceptors (Lipinski definition) is 2. The van der Waals surface area contributed by atoms with Crippen molar-refractivity contribution in [3.8, 4) is 0 Å². The van der Waals surface area contributed by atoms with Crippen molar-refractivity contribution in [3.05, 3.63) is 28.2 Å². The number of aromatic nitrogens is 2. The molecule has 2 heterocycles. The first-order chi connectivity index (χ1) is 11.2. The van der Waals surface area contributed by atoms with Crippen LogP contribution in [0.3, 0.4) is 0 Å². The Hall–Kier alpha value is -1.42. The Balaban J connectivity index is 2.24. The van der Waals surface area contributed by atoms with Gasteiger partial charge in [0.1, 0.15) is 11.2 Å². The van der Waals surface area contributed by atoms with Crippen molar-refractivity contribution >= 4 is 11.9 Å². The minimum absolute atomic E-state index is 0.173. The fourth-order valence-electron chi connectivity index (χ4n) is 3.69. The van der Waals surface area contributed by atoms with E-state index in [2.05, 4.69) is 57.1 Å². The van der Waals surface area contributed by atoms with Crippen molar-refractivity contribution in [1.82, 2.24) is 14.5 Å². The van der Waals surface area contributed by atoms with Crippen LogP contribution in [0.1, 0.15) is 66.3 Å². The number of fused-ring (bicyclic) bond motifs is 1. The van der Waals surface area contributed by atoms with Crippen molar-refractivity contribution in [2.75, 3.05) is 13.1 Å². The van der Waals surface area contributed by atoms with Crippen molar-refractivity contribution in [1.29, 1.82) is 0 Å². The lowest BCUT2D eigenvalue weighted by atomic mass is 9.96. The summed E-state index contributed by atoms with van der Waals surface area (Å²) in [5, 5.41) is 1.46. The zero-order chi connectivity index (χ0) is 17.6. The topological polar surface area (TPSA) is 21.1 Å². The third kappa shape index (κ3) is 2.75. The van der Waals surface area contributed by atoms with Crippen LogP contribution in [0.2, 0.25) is 0 Å². The number of hydrogen-bond donors (Lipinski definition) is 0. The van der Waals surface area contributed by atoms with Gasteiger partial charge in [0.2, 0.25) is 0 Å². The summed E-state index contributed by atoms with van der Waals surface area (Å²) in [7, 11) is 0. The number of halogens is 1. The normalized spacial score (nSPS) is 19.0. The Morgan fingerprint density at radius 1 is 1.17 bits per heavy atom. The van der Waals surface area contributed by atoms with Gasteiger partial charge in [-0.3, -0.25) is 4.90 Å². The number of nitrogens with zero attached hydrogens (tertiary/aromatic N) is 3. The van der Waals surface area contributed by atoms with Gasteiger partial charge in [0, 0.05) is 19.1 Å². The van der Waals surface area contributed by atoms with Gasteiger partial charge in [-0.1, -0.05) is 25.5 Å². The summed E-state index contributed by atoms with van der Waals surface area (Å²) in [6.45, 7) is 15.2. The quantitative estimate of drug-likeness (QED) is 0.844. The van der Waals surface area contributed by atoms with E-state index in [0.29, 0.717) is 11.3 Å². The van der Waals surface area contributed by atoms with Crippen LogP contribution >= 0.6 is 0 Å². The van der Waals surface area contributed by atoms with Crippen LogP contribution in [0.4, 0.5) is 4.39 Å². The predicted octanol–water partition coefficient (Wildman–Crippen LogP) is 3.25. The van der Waals surface area contributed by atoms with Gasteiger partial charge >= 0.3 is 0 Å². The molecule has 3 rings (SSSR count). The molecule has 0 atom stereocenters. The number of likely N-dealkylation sites (tertiary alicyclic amines) is 1. The maximum Gasteiger partial charge on any atom is 0.150 e.